The third-order valence-corrected chi connectivity index (χ3v) is 2.99. The summed E-state index contributed by atoms with van der Waals surface area (Å²) in [5, 5.41) is 3.40. The summed E-state index contributed by atoms with van der Waals surface area (Å²) in [6, 6.07) is 7.27. The molecule has 1 atom stereocenters. The third kappa shape index (κ3) is 8.61. The first-order chi connectivity index (χ1) is 8.49. The molecule has 3 N–H and O–H groups in total. The number of carbonyl (C=O) groups excluding carboxylic acids is 1. The van der Waals surface area contributed by atoms with Crippen molar-refractivity contribution in [3.05, 3.63) is 29.3 Å². The van der Waals surface area contributed by atoms with Crippen LogP contribution in [-0.2, 0) is 4.79 Å². The third-order valence-electron chi connectivity index (χ3n) is 2.66. The number of hydrogen-bond donors (Lipinski definition) is 3. The molecule has 7 heteroatoms. The highest BCUT2D eigenvalue weighted by Crippen LogP contribution is 2.19. The van der Waals surface area contributed by atoms with Crippen LogP contribution in [0, 0.1) is 0 Å². The van der Waals surface area contributed by atoms with Crippen molar-refractivity contribution >= 4 is 23.2 Å². The van der Waals surface area contributed by atoms with E-state index in [1.54, 1.807) is 12.1 Å². The minimum atomic E-state index is -0.00523. The molecule has 0 bridgehead atoms. The Labute approximate surface area is 138 Å². The first kappa shape index (κ1) is 21.8. The van der Waals surface area contributed by atoms with Gasteiger partial charge in [-0.15, -0.1) is 0 Å². The molecule has 4 nitrogen and oxygen atoms in total. The number of quaternary nitrogens is 2. The number of anilines is 1. The molecule has 20 heavy (non-hydrogen) atoms. The molecule has 0 radical (unpaired) electrons. The van der Waals surface area contributed by atoms with Crippen molar-refractivity contribution in [2.24, 2.45) is 0 Å². The largest absolute Gasteiger partial charge is 1.00 e. The second-order valence-electron chi connectivity index (χ2n) is 4.87. The van der Waals surface area contributed by atoms with Crippen LogP contribution in [0.1, 0.15) is 0 Å². The van der Waals surface area contributed by atoms with E-state index in [-0.39, 0.29) is 30.7 Å². The van der Waals surface area contributed by atoms with Gasteiger partial charge in [-0.2, -0.15) is 0 Å². The topological polar surface area (TPSA) is 38.0 Å². The molecule has 1 rings (SSSR count). The molecule has 0 saturated heterocycles. The fourth-order valence-corrected chi connectivity index (χ4v) is 1.77. The van der Waals surface area contributed by atoms with Gasteiger partial charge < -0.3 is 39.9 Å². The number of amides is 1. The molecule has 1 aromatic rings. The Balaban J connectivity index is 0. The van der Waals surface area contributed by atoms with Crippen LogP contribution in [0.25, 0.3) is 0 Å². The lowest BCUT2D eigenvalue weighted by Gasteiger charge is -2.15. The van der Waals surface area contributed by atoms with Crippen LogP contribution in [0.4, 0.5) is 5.69 Å². The maximum absolute atomic E-state index is 11.8. The summed E-state index contributed by atoms with van der Waals surface area (Å²) in [5.74, 6) is -0.00523. The van der Waals surface area contributed by atoms with Gasteiger partial charge in [0.15, 0.2) is 6.54 Å². The van der Waals surface area contributed by atoms with Gasteiger partial charge in [0.2, 0.25) is 0 Å². The summed E-state index contributed by atoms with van der Waals surface area (Å²) in [6.07, 6.45) is 0. The Kier molecular flexibility index (Phi) is 12.2. The maximum atomic E-state index is 11.8. The SMILES string of the molecule is C[NH+](C)CC[NH+](C)CC(=O)Nc1ccccc1Cl.[Cl-].[Cl-]. The Hall–Kier alpha value is -0.520. The van der Waals surface area contributed by atoms with Gasteiger partial charge in [-0.25, -0.2) is 0 Å². The lowest BCUT2D eigenvalue weighted by molar-refractivity contribution is -0.925. The van der Waals surface area contributed by atoms with Gasteiger partial charge in [0.1, 0.15) is 13.1 Å². The van der Waals surface area contributed by atoms with Crippen molar-refractivity contribution in [3.8, 4) is 0 Å². The molecule has 0 heterocycles. The molecule has 1 amide bonds. The molecule has 0 aliphatic carbocycles. The van der Waals surface area contributed by atoms with Crippen molar-refractivity contribution in [2.45, 2.75) is 0 Å². The van der Waals surface area contributed by atoms with E-state index < -0.39 is 0 Å². The number of benzene rings is 1. The van der Waals surface area contributed by atoms with Gasteiger partial charge in [-0.3, -0.25) is 4.79 Å². The predicted octanol–water partition coefficient (Wildman–Crippen LogP) is -7.05. The maximum Gasteiger partial charge on any atom is 0.279 e. The van der Waals surface area contributed by atoms with Crippen LogP contribution < -0.4 is 39.9 Å². The van der Waals surface area contributed by atoms with Crippen LogP contribution in [0.5, 0.6) is 0 Å². The van der Waals surface area contributed by atoms with Gasteiger partial charge in [-0.1, -0.05) is 23.7 Å². The lowest BCUT2D eigenvalue weighted by atomic mass is 10.3. The minimum absolute atomic E-state index is 0. The van der Waals surface area contributed by atoms with Crippen molar-refractivity contribution in [1.82, 2.24) is 0 Å². The molecular formula is C13H22Cl3N3O. The molecule has 116 valence electrons. The highest BCUT2D eigenvalue weighted by Gasteiger charge is 2.12. The molecule has 0 aromatic heterocycles. The van der Waals surface area contributed by atoms with Crippen molar-refractivity contribution in [1.29, 1.82) is 0 Å². The number of likely N-dealkylation sites (N-methyl/N-ethyl adjacent to an activating group) is 2. The van der Waals surface area contributed by atoms with E-state index in [0.717, 1.165) is 13.1 Å². The fraction of sp³-hybridized carbons (Fsp3) is 0.462. The summed E-state index contributed by atoms with van der Waals surface area (Å²) < 4.78 is 0. The Morgan fingerprint density at radius 1 is 1.15 bits per heavy atom. The van der Waals surface area contributed by atoms with Crippen LogP contribution in [-0.4, -0.2) is 46.7 Å². The van der Waals surface area contributed by atoms with Gasteiger partial charge in [0.05, 0.1) is 31.9 Å². The zero-order valence-electron chi connectivity index (χ0n) is 12.0. The van der Waals surface area contributed by atoms with E-state index in [1.165, 1.54) is 9.80 Å². The Morgan fingerprint density at radius 2 is 1.75 bits per heavy atom. The zero-order chi connectivity index (χ0) is 13.5. The number of rotatable bonds is 6. The fourth-order valence-electron chi connectivity index (χ4n) is 1.58. The molecular weight excluding hydrogens is 321 g/mol. The number of hydrogen-bond acceptors (Lipinski definition) is 1. The van der Waals surface area contributed by atoms with E-state index in [1.807, 2.05) is 19.2 Å². The van der Waals surface area contributed by atoms with Gasteiger partial charge in [-0.05, 0) is 12.1 Å². The summed E-state index contributed by atoms with van der Waals surface area (Å²) in [6.45, 7) is 2.47. The smallest absolute Gasteiger partial charge is 0.279 e. The van der Waals surface area contributed by atoms with Crippen LogP contribution in [0.2, 0.25) is 5.02 Å². The first-order valence-corrected chi connectivity index (χ1v) is 6.51. The normalized spacial score (nSPS) is 11.2. The summed E-state index contributed by atoms with van der Waals surface area (Å²) in [4.78, 5) is 14.4. The van der Waals surface area contributed by atoms with Gasteiger partial charge in [0, 0.05) is 0 Å². The van der Waals surface area contributed by atoms with E-state index in [4.69, 9.17) is 11.6 Å². The summed E-state index contributed by atoms with van der Waals surface area (Å²) in [5.41, 5.74) is 0.676. The van der Waals surface area contributed by atoms with Gasteiger partial charge >= 0.3 is 0 Å². The van der Waals surface area contributed by atoms with E-state index in [0.29, 0.717) is 17.3 Å². The lowest BCUT2D eigenvalue weighted by Crippen LogP contribution is -3.17. The van der Waals surface area contributed by atoms with Gasteiger partial charge in [0.25, 0.3) is 5.91 Å². The average Bonchev–Trinajstić information content (AvgIpc) is 2.29. The highest BCUT2D eigenvalue weighted by atomic mass is 35.5. The first-order valence-electron chi connectivity index (χ1n) is 6.13. The van der Waals surface area contributed by atoms with Crippen molar-refractivity contribution < 1.29 is 39.4 Å². The van der Waals surface area contributed by atoms with E-state index in [9.17, 15) is 4.79 Å². The number of carbonyl (C=O) groups is 1. The second kappa shape index (κ2) is 11.2. The van der Waals surface area contributed by atoms with E-state index in [2.05, 4.69) is 19.4 Å². The summed E-state index contributed by atoms with van der Waals surface area (Å²) in [7, 11) is 6.24. The quantitative estimate of drug-likeness (QED) is 0.472. The highest BCUT2D eigenvalue weighted by molar-refractivity contribution is 6.33. The molecule has 0 aliphatic heterocycles. The van der Waals surface area contributed by atoms with Crippen LogP contribution in [0.15, 0.2) is 24.3 Å². The second-order valence-corrected chi connectivity index (χ2v) is 5.28. The van der Waals surface area contributed by atoms with Crippen molar-refractivity contribution in [3.63, 3.8) is 0 Å². The monoisotopic (exact) mass is 341 g/mol. The molecule has 0 saturated carbocycles. The van der Waals surface area contributed by atoms with Crippen LogP contribution in [0.3, 0.4) is 0 Å². The molecule has 0 spiro atoms. The Bertz CT molecular complexity index is 402. The van der Waals surface area contributed by atoms with Crippen molar-refractivity contribution in [2.75, 3.05) is 46.1 Å². The number of nitrogens with one attached hydrogen (secondary N) is 3. The molecule has 1 aromatic carbocycles. The van der Waals surface area contributed by atoms with Crippen LogP contribution >= 0.6 is 11.6 Å². The molecule has 1 unspecified atom stereocenters. The Morgan fingerprint density at radius 3 is 2.30 bits per heavy atom. The minimum Gasteiger partial charge on any atom is -1.00 e. The number of halogens is 3. The zero-order valence-corrected chi connectivity index (χ0v) is 14.2. The predicted molar refractivity (Wildman–Crippen MR) is 74.4 cm³/mol. The summed E-state index contributed by atoms with van der Waals surface area (Å²) >= 11 is 5.98. The molecule has 0 aliphatic rings. The molecule has 0 fully saturated rings. The standard InChI is InChI=1S/C13H20ClN3O.2ClH/c1-16(2)8-9-17(3)10-13(18)15-12-7-5-4-6-11(12)14;;/h4-7H,8-10H2,1-3H3,(H,15,18);2*1H. The average molecular weight is 343 g/mol. The number of para-hydroxylation sites is 1. The van der Waals surface area contributed by atoms with E-state index >= 15 is 0 Å².